The lowest BCUT2D eigenvalue weighted by Gasteiger charge is -2.14. The molecule has 0 aromatic carbocycles. The maximum atomic E-state index is 5.68. The van der Waals surface area contributed by atoms with E-state index in [2.05, 4.69) is 44.7 Å². The number of aliphatic imine (C=N–C) groups is 1. The van der Waals surface area contributed by atoms with Gasteiger partial charge in [0.05, 0.1) is 6.61 Å². The van der Waals surface area contributed by atoms with Crippen molar-refractivity contribution in [3.63, 3.8) is 0 Å². The van der Waals surface area contributed by atoms with Crippen molar-refractivity contribution in [3.8, 4) is 5.88 Å². The van der Waals surface area contributed by atoms with Crippen molar-refractivity contribution in [2.75, 3.05) is 20.2 Å². The van der Waals surface area contributed by atoms with Crippen LogP contribution >= 0.6 is 0 Å². The molecule has 0 saturated carbocycles. The summed E-state index contributed by atoms with van der Waals surface area (Å²) in [4.78, 5) is 8.54. The van der Waals surface area contributed by atoms with Gasteiger partial charge in [-0.25, -0.2) is 4.98 Å². The van der Waals surface area contributed by atoms with Crippen LogP contribution in [0.2, 0.25) is 0 Å². The summed E-state index contributed by atoms with van der Waals surface area (Å²) >= 11 is 0. The van der Waals surface area contributed by atoms with E-state index in [9.17, 15) is 0 Å². The molecule has 0 unspecified atom stereocenters. The van der Waals surface area contributed by atoms with E-state index in [1.807, 2.05) is 16.7 Å². The van der Waals surface area contributed by atoms with Gasteiger partial charge in [0.2, 0.25) is 5.88 Å². The normalized spacial score (nSPS) is 11.4. The highest BCUT2D eigenvalue weighted by molar-refractivity contribution is 5.79. The molecule has 2 aromatic heterocycles. The average Bonchev–Trinajstić information content (AvgIpc) is 3.11. The van der Waals surface area contributed by atoms with Crippen molar-refractivity contribution in [1.29, 1.82) is 0 Å². The molecule has 0 aliphatic carbocycles. The van der Waals surface area contributed by atoms with Gasteiger partial charge in [0, 0.05) is 44.9 Å². The Kier molecular flexibility index (Phi) is 7.68. The van der Waals surface area contributed by atoms with Crippen LogP contribution in [0.4, 0.5) is 0 Å². The first-order valence-corrected chi connectivity index (χ1v) is 8.66. The predicted octanol–water partition coefficient (Wildman–Crippen LogP) is 1.39. The molecule has 0 bridgehead atoms. The minimum Gasteiger partial charge on any atom is -0.477 e. The highest BCUT2D eigenvalue weighted by atomic mass is 16.5. The Bertz CT molecular complexity index is 669. The molecule has 2 heterocycles. The molecule has 2 aromatic rings. The van der Waals surface area contributed by atoms with Crippen molar-refractivity contribution in [3.05, 3.63) is 36.0 Å². The maximum absolute atomic E-state index is 5.68. The number of nitrogens with zero attached hydrogens (tertiary/aromatic N) is 5. The zero-order chi connectivity index (χ0) is 17.9. The maximum Gasteiger partial charge on any atom is 0.218 e. The second-order valence-corrected chi connectivity index (χ2v) is 5.46. The Morgan fingerprint density at radius 1 is 1.32 bits per heavy atom. The summed E-state index contributed by atoms with van der Waals surface area (Å²) in [7, 11) is 1.75. The van der Waals surface area contributed by atoms with Crippen LogP contribution in [-0.2, 0) is 19.5 Å². The largest absolute Gasteiger partial charge is 0.477 e. The fraction of sp³-hybridized carbons (Fsp3) is 0.529. The van der Waals surface area contributed by atoms with Crippen LogP contribution in [0.25, 0.3) is 0 Å². The van der Waals surface area contributed by atoms with Crippen LogP contribution in [0, 0.1) is 0 Å². The molecular weight excluding hydrogens is 318 g/mol. The molecule has 0 saturated heterocycles. The van der Waals surface area contributed by atoms with Crippen LogP contribution in [-0.4, -0.2) is 45.9 Å². The summed E-state index contributed by atoms with van der Waals surface area (Å²) in [5.74, 6) is 2.39. The minimum atomic E-state index is 0.597. The number of pyridine rings is 1. The Morgan fingerprint density at radius 2 is 2.20 bits per heavy atom. The number of aryl methyl sites for hydroxylation is 1. The van der Waals surface area contributed by atoms with Crippen LogP contribution in [0.1, 0.15) is 31.7 Å². The van der Waals surface area contributed by atoms with Gasteiger partial charge in [-0.15, -0.1) is 10.2 Å². The van der Waals surface area contributed by atoms with Crippen LogP contribution in [0.3, 0.4) is 0 Å². The van der Waals surface area contributed by atoms with Crippen LogP contribution < -0.4 is 15.4 Å². The molecule has 2 rings (SSSR count). The molecule has 2 N–H and O–H groups in total. The zero-order valence-electron chi connectivity index (χ0n) is 15.2. The van der Waals surface area contributed by atoms with Gasteiger partial charge in [0.15, 0.2) is 5.96 Å². The summed E-state index contributed by atoms with van der Waals surface area (Å²) in [6.45, 7) is 6.92. The van der Waals surface area contributed by atoms with E-state index in [0.717, 1.165) is 43.3 Å². The lowest BCUT2D eigenvalue weighted by atomic mass is 10.2. The number of ether oxygens (including phenoxy) is 1. The quantitative estimate of drug-likeness (QED) is 0.527. The molecular formula is C17H27N7O. The summed E-state index contributed by atoms with van der Waals surface area (Å²) in [6, 6.07) is 3.91. The number of hydrogen-bond donors (Lipinski definition) is 2. The lowest BCUT2D eigenvalue weighted by molar-refractivity contribution is 0.301. The minimum absolute atomic E-state index is 0.597. The molecule has 136 valence electrons. The smallest absolute Gasteiger partial charge is 0.218 e. The lowest BCUT2D eigenvalue weighted by Crippen LogP contribution is -2.38. The molecule has 8 nitrogen and oxygen atoms in total. The molecule has 8 heteroatoms. The third-order valence-electron chi connectivity index (χ3n) is 3.62. The SMILES string of the molecule is CCCOc1ncccc1CNC(=NC)NCCn1cnnc1CC. The number of rotatable bonds is 9. The molecule has 0 amide bonds. The fourth-order valence-electron chi connectivity index (χ4n) is 2.32. The molecule has 0 atom stereocenters. The van der Waals surface area contributed by atoms with Gasteiger partial charge in [0.1, 0.15) is 12.2 Å². The predicted molar refractivity (Wildman–Crippen MR) is 97.6 cm³/mol. The van der Waals surface area contributed by atoms with Crippen LogP contribution in [0.15, 0.2) is 29.6 Å². The first kappa shape index (κ1) is 18.7. The highest BCUT2D eigenvalue weighted by Crippen LogP contribution is 2.14. The summed E-state index contributed by atoms with van der Waals surface area (Å²) in [5, 5.41) is 14.6. The van der Waals surface area contributed by atoms with Gasteiger partial charge < -0.3 is 19.9 Å². The van der Waals surface area contributed by atoms with E-state index in [1.54, 1.807) is 19.6 Å². The van der Waals surface area contributed by atoms with Crippen molar-refractivity contribution in [1.82, 2.24) is 30.4 Å². The molecule has 0 aliphatic heterocycles. The van der Waals surface area contributed by atoms with Gasteiger partial charge in [-0.1, -0.05) is 19.9 Å². The second kappa shape index (κ2) is 10.3. The van der Waals surface area contributed by atoms with Crippen molar-refractivity contribution < 1.29 is 4.74 Å². The Balaban J connectivity index is 1.82. The van der Waals surface area contributed by atoms with Gasteiger partial charge in [-0.3, -0.25) is 4.99 Å². The van der Waals surface area contributed by atoms with Crippen molar-refractivity contribution >= 4 is 5.96 Å². The summed E-state index contributed by atoms with van der Waals surface area (Å²) < 4.78 is 7.72. The van der Waals surface area contributed by atoms with E-state index in [1.165, 1.54) is 0 Å². The fourth-order valence-corrected chi connectivity index (χ4v) is 2.32. The second-order valence-electron chi connectivity index (χ2n) is 5.46. The number of hydrogen-bond acceptors (Lipinski definition) is 5. The Morgan fingerprint density at radius 3 is 2.96 bits per heavy atom. The van der Waals surface area contributed by atoms with E-state index < -0.39 is 0 Å². The molecule has 25 heavy (non-hydrogen) atoms. The molecule has 0 spiro atoms. The van der Waals surface area contributed by atoms with Gasteiger partial charge >= 0.3 is 0 Å². The number of guanidine groups is 1. The van der Waals surface area contributed by atoms with E-state index in [4.69, 9.17) is 4.74 Å². The van der Waals surface area contributed by atoms with E-state index in [-0.39, 0.29) is 0 Å². The third-order valence-corrected chi connectivity index (χ3v) is 3.62. The highest BCUT2D eigenvalue weighted by Gasteiger charge is 2.06. The Labute approximate surface area is 148 Å². The van der Waals surface area contributed by atoms with E-state index >= 15 is 0 Å². The van der Waals surface area contributed by atoms with E-state index in [0.29, 0.717) is 19.0 Å². The zero-order valence-corrected chi connectivity index (χ0v) is 15.2. The van der Waals surface area contributed by atoms with Crippen molar-refractivity contribution in [2.45, 2.75) is 39.8 Å². The average molecular weight is 345 g/mol. The number of aromatic nitrogens is 4. The topological polar surface area (TPSA) is 89.2 Å². The van der Waals surface area contributed by atoms with Crippen LogP contribution in [0.5, 0.6) is 5.88 Å². The first-order chi connectivity index (χ1) is 12.3. The monoisotopic (exact) mass is 345 g/mol. The van der Waals surface area contributed by atoms with Gasteiger partial charge in [0.25, 0.3) is 0 Å². The molecule has 0 aliphatic rings. The van der Waals surface area contributed by atoms with Gasteiger partial charge in [-0.2, -0.15) is 0 Å². The standard InChI is InChI=1S/C17H27N7O/c1-4-11-25-16-14(7-6-8-19-16)12-21-17(18-3)20-9-10-24-13-22-23-15(24)5-2/h6-8,13H,4-5,9-12H2,1-3H3,(H2,18,20,21). The summed E-state index contributed by atoms with van der Waals surface area (Å²) in [5.41, 5.74) is 1.01. The van der Waals surface area contributed by atoms with Crippen molar-refractivity contribution in [2.24, 2.45) is 4.99 Å². The summed E-state index contributed by atoms with van der Waals surface area (Å²) in [6.07, 6.45) is 5.32. The van der Waals surface area contributed by atoms with Gasteiger partial charge in [-0.05, 0) is 12.5 Å². The number of nitrogens with one attached hydrogen (secondary N) is 2. The molecule has 0 radical (unpaired) electrons. The first-order valence-electron chi connectivity index (χ1n) is 8.66. The Hall–Kier alpha value is -2.64. The molecule has 0 fully saturated rings. The third kappa shape index (κ3) is 5.74.